The summed E-state index contributed by atoms with van der Waals surface area (Å²) in [6.07, 6.45) is -3.73. The Kier molecular flexibility index (Phi) is 5.75. The Balaban J connectivity index is 2.46. The van der Waals surface area contributed by atoms with Crippen LogP contribution in [-0.2, 0) is 6.18 Å². The maximum absolute atomic E-state index is 13.4. The molecule has 124 valence electrons. The van der Waals surface area contributed by atoms with Crippen LogP contribution in [0.25, 0.3) is 0 Å². The van der Waals surface area contributed by atoms with Crippen molar-refractivity contribution in [2.24, 2.45) is 5.92 Å². The lowest BCUT2D eigenvalue weighted by atomic mass is 9.91. The number of alkyl halides is 3. The van der Waals surface area contributed by atoms with Crippen LogP contribution < -0.4 is 5.32 Å². The van der Waals surface area contributed by atoms with Gasteiger partial charge in [0.2, 0.25) is 0 Å². The minimum absolute atomic E-state index is 0.207. The highest BCUT2D eigenvalue weighted by Crippen LogP contribution is 2.42. The van der Waals surface area contributed by atoms with Gasteiger partial charge in [0.05, 0.1) is 5.56 Å². The van der Waals surface area contributed by atoms with Crippen LogP contribution in [0.4, 0.5) is 13.2 Å². The van der Waals surface area contributed by atoms with E-state index in [-0.39, 0.29) is 22.5 Å². The zero-order valence-electron chi connectivity index (χ0n) is 12.9. The number of hydrogen-bond donors (Lipinski definition) is 1. The van der Waals surface area contributed by atoms with Gasteiger partial charge in [-0.05, 0) is 24.5 Å². The van der Waals surface area contributed by atoms with E-state index in [1.165, 1.54) is 6.07 Å². The van der Waals surface area contributed by atoms with Gasteiger partial charge in [-0.3, -0.25) is 4.90 Å². The summed E-state index contributed by atoms with van der Waals surface area (Å²) >= 11 is 6.19. The van der Waals surface area contributed by atoms with Gasteiger partial charge in [0.25, 0.3) is 0 Å². The highest BCUT2D eigenvalue weighted by atomic mass is 35.5. The van der Waals surface area contributed by atoms with Crippen molar-refractivity contribution in [3.8, 4) is 0 Å². The lowest BCUT2D eigenvalue weighted by molar-refractivity contribution is -0.138. The molecule has 0 amide bonds. The molecule has 1 aliphatic heterocycles. The van der Waals surface area contributed by atoms with Crippen LogP contribution in [0.3, 0.4) is 0 Å². The van der Waals surface area contributed by atoms with Crippen LogP contribution in [0.5, 0.6) is 0 Å². The van der Waals surface area contributed by atoms with E-state index >= 15 is 0 Å². The SMILES string of the molecule is CC(C)C[C@@H](c1c(Cl)cccc1C(F)(F)F)N1CCNCC1. The summed E-state index contributed by atoms with van der Waals surface area (Å²) in [6, 6.07) is 3.77. The van der Waals surface area contributed by atoms with Gasteiger partial charge >= 0.3 is 6.18 Å². The minimum Gasteiger partial charge on any atom is -0.314 e. The molecule has 1 aromatic rings. The normalized spacial score (nSPS) is 18.7. The van der Waals surface area contributed by atoms with E-state index in [2.05, 4.69) is 10.2 Å². The number of nitrogens with zero attached hydrogens (tertiary/aromatic N) is 1. The first-order valence-corrected chi connectivity index (χ1v) is 7.99. The molecule has 1 aliphatic rings. The Morgan fingerprint density at radius 3 is 2.41 bits per heavy atom. The van der Waals surface area contributed by atoms with Gasteiger partial charge in [-0.1, -0.05) is 31.5 Å². The van der Waals surface area contributed by atoms with Crippen LogP contribution >= 0.6 is 11.6 Å². The monoisotopic (exact) mass is 334 g/mol. The van der Waals surface area contributed by atoms with Gasteiger partial charge in [-0.15, -0.1) is 0 Å². The predicted molar refractivity (Wildman–Crippen MR) is 83.1 cm³/mol. The van der Waals surface area contributed by atoms with E-state index in [0.717, 1.165) is 32.2 Å². The predicted octanol–water partition coefficient (Wildman–Crippen LogP) is 4.35. The van der Waals surface area contributed by atoms with E-state index in [1.807, 2.05) is 13.8 Å². The maximum Gasteiger partial charge on any atom is 0.416 e. The molecule has 1 N–H and O–H groups in total. The minimum atomic E-state index is -4.39. The Morgan fingerprint density at radius 2 is 1.86 bits per heavy atom. The molecule has 1 aromatic carbocycles. The Labute approximate surface area is 134 Å². The first kappa shape index (κ1) is 17.6. The van der Waals surface area contributed by atoms with Crippen molar-refractivity contribution in [2.45, 2.75) is 32.5 Å². The van der Waals surface area contributed by atoms with E-state index in [4.69, 9.17) is 11.6 Å². The number of piperazine rings is 1. The maximum atomic E-state index is 13.4. The van der Waals surface area contributed by atoms with Crippen LogP contribution in [0, 0.1) is 5.92 Å². The quantitative estimate of drug-likeness (QED) is 0.880. The molecule has 2 rings (SSSR count). The topological polar surface area (TPSA) is 15.3 Å². The summed E-state index contributed by atoms with van der Waals surface area (Å²) in [4.78, 5) is 2.12. The van der Waals surface area contributed by atoms with Crippen molar-refractivity contribution in [2.75, 3.05) is 26.2 Å². The molecule has 0 aliphatic carbocycles. The highest BCUT2D eigenvalue weighted by molar-refractivity contribution is 6.31. The molecule has 1 atom stereocenters. The molecule has 1 fully saturated rings. The van der Waals surface area contributed by atoms with Crippen molar-refractivity contribution in [3.63, 3.8) is 0 Å². The third-order valence-corrected chi connectivity index (χ3v) is 4.31. The van der Waals surface area contributed by atoms with Gasteiger partial charge in [-0.25, -0.2) is 0 Å². The first-order valence-electron chi connectivity index (χ1n) is 7.61. The molecule has 0 aromatic heterocycles. The van der Waals surface area contributed by atoms with Crippen LogP contribution in [0.1, 0.15) is 37.4 Å². The Hall–Kier alpha value is -0.780. The summed E-state index contributed by atoms with van der Waals surface area (Å²) in [6.45, 7) is 7.11. The lowest BCUT2D eigenvalue weighted by Gasteiger charge is -2.37. The summed E-state index contributed by atoms with van der Waals surface area (Å²) in [5.74, 6) is 0.289. The second kappa shape index (κ2) is 7.20. The number of nitrogens with one attached hydrogen (secondary N) is 1. The van der Waals surface area contributed by atoms with E-state index in [9.17, 15) is 13.2 Å². The molecule has 6 heteroatoms. The molecule has 2 nitrogen and oxygen atoms in total. The molecule has 0 unspecified atom stereocenters. The van der Waals surface area contributed by atoms with Crippen molar-refractivity contribution in [1.29, 1.82) is 0 Å². The summed E-state index contributed by atoms with van der Waals surface area (Å²) in [5.41, 5.74) is -0.378. The zero-order valence-corrected chi connectivity index (χ0v) is 13.6. The van der Waals surface area contributed by atoms with Crippen molar-refractivity contribution in [3.05, 3.63) is 34.3 Å². The van der Waals surface area contributed by atoms with Crippen LogP contribution in [0.15, 0.2) is 18.2 Å². The smallest absolute Gasteiger partial charge is 0.314 e. The van der Waals surface area contributed by atoms with Crippen molar-refractivity contribution in [1.82, 2.24) is 10.2 Å². The molecule has 0 spiro atoms. The average molecular weight is 335 g/mol. The molecular weight excluding hydrogens is 313 g/mol. The fourth-order valence-electron chi connectivity index (χ4n) is 3.01. The molecule has 0 radical (unpaired) electrons. The first-order chi connectivity index (χ1) is 10.3. The van der Waals surface area contributed by atoms with Crippen LogP contribution in [0.2, 0.25) is 5.02 Å². The summed E-state index contributed by atoms with van der Waals surface area (Å²) in [7, 11) is 0. The van der Waals surface area contributed by atoms with Crippen molar-refractivity contribution < 1.29 is 13.2 Å². The largest absolute Gasteiger partial charge is 0.416 e. The number of halogens is 4. The Morgan fingerprint density at radius 1 is 1.23 bits per heavy atom. The second-order valence-electron chi connectivity index (χ2n) is 6.13. The summed E-state index contributed by atoms with van der Waals surface area (Å²) < 4.78 is 40.2. The summed E-state index contributed by atoms with van der Waals surface area (Å²) in [5, 5.41) is 3.44. The van der Waals surface area contributed by atoms with Crippen LogP contribution in [-0.4, -0.2) is 31.1 Å². The number of rotatable bonds is 4. The second-order valence-corrected chi connectivity index (χ2v) is 6.54. The third kappa shape index (κ3) is 4.15. The van der Waals surface area contributed by atoms with Gasteiger partial charge in [0, 0.05) is 42.8 Å². The molecule has 22 heavy (non-hydrogen) atoms. The Bertz CT molecular complexity index is 497. The third-order valence-electron chi connectivity index (χ3n) is 3.98. The number of benzene rings is 1. The molecule has 0 saturated carbocycles. The van der Waals surface area contributed by atoms with Gasteiger partial charge in [-0.2, -0.15) is 13.2 Å². The van der Waals surface area contributed by atoms with Gasteiger partial charge in [0.15, 0.2) is 0 Å². The van der Waals surface area contributed by atoms with E-state index in [1.54, 1.807) is 6.07 Å². The zero-order chi connectivity index (χ0) is 16.3. The highest BCUT2D eigenvalue weighted by Gasteiger charge is 2.38. The standard InChI is InChI=1S/C16H22ClF3N2/c1-11(2)10-14(22-8-6-21-7-9-22)15-12(16(18,19)20)4-3-5-13(15)17/h3-5,11,14,21H,6-10H2,1-2H3/t14-/m0/s1. The van der Waals surface area contributed by atoms with E-state index < -0.39 is 11.7 Å². The fourth-order valence-corrected chi connectivity index (χ4v) is 3.31. The van der Waals surface area contributed by atoms with Crippen molar-refractivity contribution >= 4 is 11.6 Å². The average Bonchev–Trinajstić information content (AvgIpc) is 2.44. The van der Waals surface area contributed by atoms with Gasteiger partial charge < -0.3 is 5.32 Å². The number of hydrogen-bond acceptors (Lipinski definition) is 2. The van der Waals surface area contributed by atoms with E-state index in [0.29, 0.717) is 6.42 Å². The molecular formula is C16H22ClF3N2. The molecule has 1 heterocycles. The fraction of sp³-hybridized carbons (Fsp3) is 0.625. The molecule has 1 saturated heterocycles. The van der Waals surface area contributed by atoms with Gasteiger partial charge in [0.1, 0.15) is 0 Å². The molecule has 0 bridgehead atoms. The lowest BCUT2D eigenvalue weighted by Crippen LogP contribution is -2.45.